The molecule has 3 aromatic rings. The summed E-state index contributed by atoms with van der Waals surface area (Å²) in [5, 5.41) is 0. The van der Waals surface area contributed by atoms with E-state index in [9.17, 15) is 23.2 Å². The van der Waals surface area contributed by atoms with Gasteiger partial charge in [-0.1, -0.05) is 0 Å². The quantitative estimate of drug-likeness (QED) is 0.395. The van der Waals surface area contributed by atoms with Crippen molar-refractivity contribution in [3.05, 3.63) is 82.2 Å². The van der Waals surface area contributed by atoms with Gasteiger partial charge in [0, 0.05) is 28.7 Å². The lowest BCUT2D eigenvalue weighted by molar-refractivity contribution is 0.0600. The summed E-state index contributed by atoms with van der Waals surface area (Å²) in [5.41, 5.74) is 2.59. The van der Waals surface area contributed by atoms with Gasteiger partial charge in [0.2, 0.25) is 5.78 Å². The third kappa shape index (κ3) is 4.44. The van der Waals surface area contributed by atoms with E-state index in [0.29, 0.717) is 22.9 Å². The van der Waals surface area contributed by atoms with Crippen molar-refractivity contribution in [2.24, 2.45) is 0 Å². The number of carbonyl (C=O) groups is 3. The van der Waals surface area contributed by atoms with E-state index in [2.05, 4.69) is 0 Å². The highest BCUT2D eigenvalue weighted by molar-refractivity contribution is 6.00. The molecule has 3 rings (SSSR count). The molecule has 32 heavy (non-hydrogen) atoms. The van der Waals surface area contributed by atoms with E-state index in [4.69, 9.17) is 9.47 Å². The van der Waals surface area contributed by atoms with Crippen LogP contribution < -0.4 is 4.74 Å². The van der Waals surface area contributed by atoms with Gasteiger partial charge in [-0.2, -0.15) is 0 Å². The Morgan fingerprint density at radius 2 is 1.62 bits per heavy atom. The fourth-order valence-corrected chi connectivity index (χ4v) is 3.49. The van der Waals surface area contributed by atoms with E-state index in [1.54, 1.807) is 37.3 Å². The van der Waals surface area contributed by atoms with E-state index in [0.717, 1.165) is 24.4 Å². The van der Waals surface area contributed by atoms with Crippen molar-refractivity contribution in [1.82, 2.24) is 4.57 Å². The minimum atomic E-state index is -1.06. The number of benzene rings is 2. The molecule has 0 atom stereocenters. The summed E-state index contributed by atoms with van der Waals surface area (Å²) < 4.78 is 39.4. The molecule has 166 valence electrons. The second-order valence-electron chi connectivity index (χ2n) is 7.19. The predicted octanol–water partition coefficient (Wildman–Crippen LogP) is 4.62. The van der Waals surface area contributed by atoms with Crippen molar-refractivity contribution >= 4 is 17.5 Å². The number of nitrogens with zero attached hydrogens (tertiary/aromatic N) is 1. The molecular weight excluding hydrogens is 420 g/mol. The van der Waals surface area contributed by atoms with Gasteiger partial charge in [-0.25, -0.2) is 13.6 Å². The number of methoxy groups -OCH3 is 1. The first-order chi connectivity index (χ1) is 15.1. The van der Waals surface area contributed by atoms with Crippen LogP contribution >= 0.6 is 0 Å². The van der Waals surface area contributed by atoms with Crippen molar-refractivity contribution in [2.75, 3.05) is 13.7 Å². The summed E-state index contributed by atoms with van der Waals surface area (Å²) in [6.07, 6.45) is 0. The average molecular weight is 441 g/mol. The highest BCUT2D eigenvalue weighted by Crippen LogP contribution is 2.26. The minimum Gasteiger partial charge on any atom is -0.482 e. The molecule has 0 spiro atoms. The fourth-order valence-electron chi connectivity index (χ4n) is 3.49. The Morgan fingerprint density at radius 3 is 2.22 bits per heavy atom. The van der Waals surface area contributed by atoms with Crippen molar-refractivity contribution in [3.8, 4) is 11.4 Å². The normalized spacial score (nSPS) is 10.7. The van der Waals surface area contributed by atoms with E-state index in [-0.39, 0.29) is 5.56 Å². The van der Waals surface area contributed by atoms with Gasteiger partial charge in [-0.3, -0.25) is 9.59 Å². The first-order valence-corrected chi connectivity index (χ1v) is 9.67. The second kappa shape index (κ2) is 9.13. The lowest BCUT2D eigenvalue weighted by atomic mass is 10.1. The second-order valence-corrected chi connectivity index (χ2v) is 7.19. The van der Waals surface area contributed by atoms with Gasteiger partial charge < -0.3 is 14.0 Å². The maximum atomic E-state index is 14.1. The standard InChI is InChI=1S/C24H21F2NO5/c1-13-9-19(14(2)27(13)18-7-5-16(6-8-18)24(30)31-4)22(29)12-32-23-20(15(3)28)10-17(25)11-21(23)26/h5-11H,12H2,1-4H3. The molecule has 0 bridgehead atoms. The molecule has 0 amide bonds. The number of Topliss-reactive ketones (excluding diaryl/α,β-unsaturated/α-hetero) is 2. The van der Waals surface area contributed by atoms with Gasteiger partial charge in [-0.05, 0) is 57.2 Å². The first-order valence-electron chi connectivity index (χ1n) is 9.67. The van der Waals surface area contributed by atoms with Gasteiger partial charge in [0.15, 0.2) is 24.0 Å². The Kier molecular flexibility index (Phi) is 6.53. The molecule has 0 saturated heterocycles. The van der Waals surface area contributed by atoms with Crippen LogP contribution in [0.2, 0.25) is 0 Å². The number of aromatic nitrogens is 1. The monoisotopic (exact) mass is 441 g/mol. The van der Waals surface area contributed by atoms with Gasteiger partial charge >= 0.3 is 5.97 Å². The first kappa shape index (κ1) is 22.9. The highest BCUT2D eigenvalue weighted by Gasteiger charge is 2.21. The number of hydrogen-bond acceptors (Lipinski definition) is 5. The van der Waals surface area contributed by atoms with Crippen LogP contribution in [0.4, 0.5) is 8.78 Å². The molecule has 8 heteroatoms. The van der Waals surface area contributed by atoms with E-state index < -0.39 is 41.5 Å². The molecule has 0 aliphatic rings. The number of ether oxygens (including phenoxy) is 2. The summed E-state index contributed by atoms with van der Waals surface area (Å²) in [4.78, 5) is 36.1. The minimum absolute atomic E-state index is 0.272. The number of esters is 1. The van der Waals surface area contributed by atoms with Crippen molar-refractivity contribution < 1.29 is 32.6 Å². The van der Waals surface area contributed by atoms with Crippen LogP contribution in [-0.4, -0.2) is 35.8 Å². The summed E-state index contributed by atoms with van der Waals surface area (Å²) in [6, 6.07) is 9.82. The Bertz CT molecular complexity index is 1210. The predicted molar refractivity (Wildman–Crippen MR) is 113 cm³/mol. The topological polar surface area (TPSA) is 74.6 Å². The smallest absolute Gasteiger partial charge is 0.337 e. The van der Waals surface area contributed by atoms with Gasteiger partial charge in [0.05, 0.1) is 18.2 Å². The SMILES string of the molecule is COC(=O)c1ccc(-n2c(C)cc(C(=O)COc3c(F)cc(F)cc3C(C)=O)c2C)cc1. The Balaban J connectivity index is 1.86. The van der Waals surface area contributed by atoms with E-state index in [1.165, 1.54) is 7.11 Å². The maximum Gasteiger partial charge on any atom is 0.337 e. The fraction of sp³-hybridized carbons (Fsp3) is 0.208. The molecule has 0 radical (unpaired) electrons. The number of halogens is 2. The molecule has 1 heterocycles. The van der Waals surface area contributed by atoms with E-state index >= 15 is 0 Å². The van der Waals surface area contributed by atoms with Crippen molar-refractivity contribution in [2.45, 2.75) is 20.8 Å². The summed E-state index contributed by atoms with van der Waals surface area (Å²) >= 11 is 0. The van der Waals surface area contributed by atoms with Gasteiger partial charge in [-0.15, -0.1) is 0 Å². The Hall–Kier alpha value is -3.81. The van der Waals surface area contributed by atoms with Crippen LogP contribution in [0.3, 0.4) is 0 Å². The molecule has 0 N–H and O–H groups in total. The van der Waals surface area contributed by atoms with Crippen LogP contribution in [0.1, 0.15) is 49.4 Å². The zero-order valence-corrected chi connectivity index (χ0v) is 18.0. The summed E-state index contributed by atoms with van der Waals surface area (Å²) in [6.45, 7) is 4.18. The number of hydrogen-bond donors (Lipinski definition) is 0. The average Bonchev–Trinajstić information content (AvgIpc) is 3.05. The number of aryl methyl sites for hydroxylation is 1. The molecule has 2 aromatic carbocycles. The number of ketones is 2. The highest BCUT2D eigenvalue weighted by atomic mass is 19.1. The molecule has 0 aliphatic heterocycles. The third-order valence-electron chi connectivity index (χ3n) is 5.01. The van der Waals surface area contributed by atoms with Crippen LogP contribution in [0, 0.1) is 25.5 Å². The zero-order chi connectivity index (χ0) is 23.6. The zero-order valence-electron chi connectivity index (χ0n) is 18.0. The van der Waals surface area contributed by atoms with Crippen molar-refractivity contribution in [3.63, 3.8) is 0 Å². The van der Waals surface area contributed by atoms with Crippen LogP contribution in [0.15, 0.2) is 42.5 Å². The van der Waals surface area contributed by atoms with E-state index in [1.807, 2.05) is 11.5 Å². The van der Waals surface area contributed by atoms with Gasteiger partial charge in [0.1, 0.15) is 5.82 Å². The number of carbonyl (C=O) groups excluding carboxylic acids is 3. The van der Waals surface area contributed by atoms with Crippen LogP contribution in [0.25, 0.3) is 5.69 Å². The maximum absolute atomic E-state index is 14.1. The molecule has 1 aromatic heterocycles. The summed E-state index contributed by atoms with van der Waals surface area (Å²) in [7, 11) is 1.30. The molecule has 0 fully saturated rings. The number of rotatable bonds is 7. The molecule has 6 nitrogen and oxygen atoms in total. The molecule has 0 unspecified atom stereocenters. The Morgan fingerprint density at radius 1 is 0.969 bits per heavy atom. The largest absolute Gasteiger partial charge is 0.482 e. The van der Waals surface area contributed by atoms with Crippen LogP contribution in [-0.2, 0) is 4.74 Å². The summed E-state index contributed by atoms with van der Waals surface area (Å²) in [5.74, 6) is -3.90. The molecule has 0 aliphatic carbocycles. The van der Waals surface area contributed by atoms with Gasteiger partial charge in [0.25, 0.3) is 0 Å². The van der Waals surface area contributed by atoms with Crippen LogP contribution in [0.5, 0.6) is 5.75 Å². The third-order valence-corrected chi connectivity index (χ3v) is 5.01. The lowest BCUT2D eigenvalue weighted by Gasteiger charge is -2.12. The molecule has 0 saturated carbocycles. The lowest BCUT2D eigenvalue weighted by Crippen LogP contribution is -2.15. The molecular formula is C24H21F2NO5. The van der Waals surface area contributed by atoms with Crippen molar-refractivity contribution in [1.29, 1.82) is 0 Å². The Labute approximate surface area is 183 Å².